The predicted molar refractivity (Wildman–Crippen MR) is 66.1 cm³/mol. The van der Waals surface area contributed by atoms with E-state index in [1.165, 1.54) is 0 Å². The van der Waals surface area contributed by atoms with Gasteiger partial charge in [-0.05, 0) is 18.2 Å². The van der Waals surface area contributed by atoms with Crippen LogP contribution in [0.1, 0.15) is 0 Å². The summed E-state index contributed by atoms with van der Waals surface area (Å²) in [7, 11) is 3.84. The third kappa shape index (κ3) is 2.48. The van der Waals surface area contributed by atoms with Gasteiger partial charge in [0, 0.05) is 26.0 Å². The van der Waals surface area contributed by atoms with Crippen molar-refractivity contribution in [2.45, 2.75) is 0 Å². The molecule has 0 spiro atoms. The molecule has 2 rings (SSSR count). The van der Waals surface area contributed by atoms with Gasteiger partial charge in [-0.1, -0.05) is 18.2 Å². The quantitative estimate of drug-likeness (QED) is 0.851. The van der Waals surface area contributed by atoms with Gasteiger partial charge < -0.3 is 10.2 Å². The molecule has 0 saturated heterocycles. The van der Waals surface area contributed by atoms with Crippen LogP contribution in [0.2, 0.25) is 0 Å². The van der Waals surface area contributed by atoms with Gasteiger partial charge in [0.15, 0.2) is 0 Å². The largest absolute Gasteiger partial charge is 0.347 e. The predicted octanol–water partition coefficient (Wildman–Crippen LogP) is 2.29. The van der Waals surface area contributed by atoms with E-state index >= 15 is 0 Å². The van der Waals surface area contributed by atoms with Gasteiger partial charge in [-0.25, -0.2) is 4.98 Å². The molecule has 0 saturated carbocycles. The lowest BCUT2D eigenvalue weighted by Crippen LogP contribution is -2.13. The van der Waals surface area contributed by atoms with E-state index in [9.17, 15) is 0 Å². The van der Waals surface area contributed by atoms with Crippen molar-refractivity contribution in [2.24, 2.45) is 0 Å². The van der Waals surface area contributed by atoms with E-state index in [2.05, 4.69) is 15.3 Å². The Kier molecular flexibility index (Phi) is 3.00. The lowest BCUT2D eigenvalue weighted by atomic mass is 10.3. The molecule has 16 heavy (non-hydrogen) atoms. The van der Waals surface area contributed by atoms with E-state index in [4.69, 9.17) is 0 Å². The number of hydrogen-bond acceptors (Lipinski definition) is 4. The van der Waals surface area contributed by atoms with Gasteiger partial charge in [0.2, 0.25) is 5.95 Å². The van der Waals surface area contributed by atoms with Crippen LogP contribution >= 0.6 is 0 Å². The molecule has 0 aliphatic carbocycles. The first-order valence-electron chi connectivity index (χ1n) is 5.08. The van der Waals surface area contributed by atoms with E-state index < -0.39 is 0 Å². The Morgan fingerprint density at radius 3 is 2.50 bits per heavy atom. The van der Waals surface area contributed by atoms with E-state index in [1.807, 2.05) is 55.4 Å². The fourth-order valence-corrected chi connectivity index (χ4v) is 1.30. The Labute approximate surface area is 95.0 Å². The van der Waals surface area contributed by atoms with Crippen LogP contribution in [-0.4, -0.2) is 24.1 Å². The van der Waals surface area contributed by atoms with Gasteiger partial charge in [0.25, 0.3) is 0 Å². The van der Waals surface area contributed by atoms with Crippen molar-refractivity contribution in [1.29, 1.82) is 0 Å². The second-order valence-electron chi connectivity index (χ2n) is 3.63. The van der Waals surface area contributed by atoms with Gasteiger partial charge in [-0.3, -0.25) is 0 Å². The minimum atomic E-state index is 0.695. The number of nitrogens with zero attached hydrogens (tertiary/aromatic N) is 3. The molecule has 0 amide bonds. The fourth-order valence-electron chi connectivity index (χ4n) is 1.30. The van der Waals surface area contributed by atoms with E-state index in [-0.39, 0.29) is 0 Å². The van der Waals surface area contributed by atoms with Crippen LogP contribution in [0.25, 0.3) is 0 Å². The maximum atomic E-state index is 4.37. The molecule has 0 unspecified atom stereocenters. The maximum absolute atomic E-state index is 4.37. The van der Waals surface area contributed by atoms with Gasteiger partial charge >= 0.3 is 0 Å². The first-order valence-corrected chi connectivity index (χ1v) is 5.08. The first-order chi connectivity index (χ1) is 7.75. The highest BCUT2D eigenvalue weighted by Gasteiger charge is 2.00. The van der Waals surface area contributed by atoms with Crippen molar-refractivity contribution < 1.29 is 0 Å². The summed E-state index contributed by atoms with van der Waals surface area (Å²) < 4.78 is 0. The van der Waals surface area contributed by atoms with Crippen LogP contribution in [0.15, 0.2) is 42.6 Å². The maximum Gasteiger partial charge on any atom is 0.226 e. The summed E-state index contributed by atoms with van der Waals surface area (Å²) in [5.41, 5.74) is 1.02. The lowest BCUT2D eigenvalue weighted by molar-refractivity contribution is 1.00. The van der Waals surface area contributed by atoms with Crippen molar-refractivity contribution in [3.8, 4) is 0 Å². The zero-order chi connectivity index (χ0) is 11.4. The monoisotopic (exact) mass is 214 g/mol. The Balaban J connectivity index is 2.19. The summed E-state index contributed by atoms with van der Waals surface area (Å²) in [6.45, 7) is 0. The minimum Gasteiger partial charge on any atom is -0.347 e. The van der Waals surface area contributed by atoms with Crippen molar-refractivity contribution >= 4 is 17.5 Å². The normalized spacial score (nSPS) is 9.88. The molecule has 0 bridgehead atoms. The molecule has 0 atom stereocenters. The lowest BCUT2D eigenvalue weighted by Gasteiger charge is -2.11. The van der Waals surface area contributed by atoms with E-state index in [0.717, 1.165) is 11.5 Å². The summed E-state index contributed by atoms with van der Waals surface area (Å²) in [5, 5.41) is 3.22. The average Bonchev–Trinajstić information content (AvgIpc) is 2.30. The number of nitrogens with one attached hydrogen (secondary N) is 1. The summed E-state index contributed by atoms with van der Waals surface area (Å²) >= 11 is 0. The smallest absolute Gasteiger partial charge is 0.226 e. The number of benzene rings is 1. The van der Waals surface area contributed by atoms with Crippen molar-refractivity contribution in [3.05, 3.63) is 42.6 Å². The Bertz CT molecular complexity index is 454. The number of hydrogen-bond donors (Lipinski definition) is 1. The van der Waals surface area contributed by atoms with Crippen LogP contribution in [0.4, 0.5) is 17.5 Å². The van der Waals surface area contributed by atoms with Crippen LogP contribution in [0.5, 0.6) is 0 Å². The topological polar surface area (TPSA) is 41.1 Å². The van der Waals surface area contributed by atoms with E-state index in [1.54, 1.807) is 6.20 Å². The van der Waals surface area contributed by atoms with Crippen LogP contribution in [-0.2, 0) is 0 Å². The second-order valence-corrected chi connectivity index (χ2v) is 3.63. The molecule has 2 aromatic rings. The van der Waals surface area contributed by atoms with Crippen LogP contribution < -0.4 is 10.2 Å². The summed E-state index contributed by atoms with van der Waals surface area (Å²) in [6.07, 6.45) is 1.74. The second kappa shape index (κ2) is 4.61. The number of rotatable bonds is 3. The molecule has 82 valence electrons. The molecular weight excluding hydrogens is 200 g/mol. The first kappa shape index (κ1) is 10.4. The highest BCUT2D eigenvalue weighted by atomic mass is 15.2. The van der Waals surface area contributed by atoms with Crippen LogP contribution in [0, 0.1) is 0 Å². The van der Waals surface area contributed by atoms with Gasteiger partial charge in [-0.2, -0.15) is 4.98 Å². The number of anilines is 3. The van der Waals surface area contributed by atoms with Crippen LogP contribution in [0.3, 0.4) is 0 Å². The summed E-state index contributed by atoms with van der Waals surface area (Å²) in [4.78, 5) is 10.4. The fraction of sp³-hybridized carbons (Fsp3) is 0.167. The zero-order valence-electron chi connectivity index (χ0n) is 9.38. The molecule has 1 heterocycles. The van der Waals surface area contributed by atoms with Crippen molar-refractivity contribution in [2.75, 3.05) is 24.3 Å². The molecule has 4 nitrogen and oxygen atoms in total. The molecule has 0 aliphatic rings. The number of aromatic nitrogens is 2. The van der Waals surface area contributed by atoms with Crippen molar-refractivity contribution in [3.63, 3.8) is 0 Å². The third-order valence-corrected chi connectivity index (χ3v) is 2.09. The molecule has 0 aliphatic heterocycles. The molecule has 1 aromatic heterocycles. The Morgan fingerprint density at radius 1 is 1.06 bits per heavy atom. The number of para-hydroxylation sites is 1. The third-order valence-electron chi connectivity index (χ3n) is 2.09. The molecule has 0 radical (unpaired) electrons. The molecule has 1 N–H and O–H groups in total. The van der Waals surface area contributed by atoms with Gasteiger partial charge in [0.1, 0.15) is 5.82 Å². The molecular formula is C12H14N4. The standard InChI is InChI=1S/C12H14N4/c1-16(2)12-13-9-8-11(15-12)14-10-6-4-3-5-7-10/h3-9H,1-2H3,(H,13,14,15). The van der Waals surface area contributed by atoms with Gasteiger partial charge in [-0.15, -0.1) is 0 Å². The Hall–Kier alpha value is -2.10. The SMILES string of the molecule is CN(C)c1nccc(Nc2ccccc2)n1. The highest BCUT2D eigenvalue weighted by Crippen LogP contribution is 2.14. The average molecular weight is 214 g/mol. The van der Waals surface area contributed by atoms with Gasteiger partial charge in [0.05, 0.1) is 0 Å². The highest BCUT2D eigenvalue weighted by molar-refractivity contribution is 5.56. The molecule has 4 heteroatoms. The summed E-state index contributed by atoms with van der Waals surface area (Å²) in [6, 6.07) is 11.8. The minimum absolute atomic E-state index is 0.695. The summed E-state index contributed by atoms with van der Waals surface area (Å²) in [5.74, 6) is 1.49. The Morgan fingerprint density at radius 2 is 1.81 bits per heavy atom. The molecule has 1 aromatic carbocycles. The van der Waals surface area contributed by atoms with E-state index in [0.29, 0.717) is 5.95 Å². The molecule has 0 fully saturated rings. The zero-order valence-corrected chi connectivity index (χ0v) is 9.38. The van der Waals surface area contributed by atoms with Crippen molar-refractivity contribution in [1.82, 2.24) is 9.97 Å².